The Bertz CT molecular complexity index is 578. The lowest BCUT2D eigenvalue weighted by atomic mass is 10.1. The number of hydrogen-bond acceptors (Lipinski definition) is 3. The Labute approximate surface area is 92.4 Å². The van der Waals surface area contributed by atoms with E-state index in [2.05, 4.69) is 4.98 Å². The SMILES string of the molecule is N#Cc1ccc(Cn2cnccc2=O)cc1. The zero-order valence-corrected chi connectivity index (χ0v) is 8.50. The first-order valence-corrected chi connectivity index (χ1v) is 4.79. The van der Waals surface area contributed by atoms with Crippen LogP contribution in [0.2, 0.25) is 0 Å². The summed E-state index contributed by atoms with van der Waals surface area (Å²) in [5, 5.41) is 8.65. The molecule has 0 spiro atoms. The maximum Gasteiger partial charge on any atom is 0.253 e. The van der Waals surface area contributed by atoms with Gasteiger partial charge in [0.1, 0.15) is 0 Å². The second kappa shape index (κ2) is 4.41. The zero-order chi connectivity index (χ0) is 11.4. The van der Waals surface area contributed by atoms with Crippen LogP contribution in [0.4, 0.5) is 0 Å². The number of rotatable bonds is 2. The molecule has 16 heavy (non-hydrogen) atoms. The molecule has 4 heteroatoms. The van der Waals surface area contributed by atoms with E-state index in [9.17, 15) is 4.79 Å². The van der Waals surface area contributed by atoms with Crippen LogP contribution in [0.25, 0.3) is 0 Å². The van der Waals surface area contributed by atoms with Crippen LogP contribution < -0.4 is 5.56 Å². The van der Waals surface area contributed by atoms with Crippen LogP contribution >= 0.6 is 0 Å². The standard InChI is InChI=1S/C12H9N3O/c13-7-10-1-3-11(4-2-10)8-15-9-14-6-5-12(15)16/h1-6,9H,8H2. The van der Waals surface area contributed by atoms with Crippen molar-refractivity contribution >= 4 is 0 Å². The van der Waals surface area contributed by atoms with E-state index in [4.69, 9.17) is 5.26 Å². The maximum atomic E-state index is 11.4. The number of benzene rings is 1. The molecule has 0 aliphatic carbocycles. The molecule has 1 heterocycles. The highest BCUT2D eigenvalue weighted by Gasteiger charge is 1.97. The molecule has 0 fully saturated rings. The molecule has 78 valence electrons. The van der Waals surface area contributed by atoms with Crippen LogP contribution in [0.1, 0.15) is 11.1 Å². The molecule has 4 nitrogen and oxygen atoms in total. The molecule has 0 radical (unpaired) electrons. The highest BCUT2D eigenvalue weighted by atomic mass is 16.1. The van der Waals surface area contributed by atoms with E-state index in [-0.39, 0.29) is 5.56 Å². The molecule has 0 bridgehead atoms. The van der Waals surface area contributed by atoms with Gasteiger partial charge in [-0.2, -0.15) is 5.26 Å². The molecule has 2 rings (SSSR count). The number of nitrogens with zero attached hydrogens (tertiary/aromatic N) is 3. The highest BCUT2D eigenvalue weighted by Crippen LogP contribution is 2.04. The smallest absolute Gasteiger partial charge is 0.253 e. The van der Waals surface area contributed by atoms with E-state index < -0.39 is 0 Å². The van der Waals surface area contributed by atoms with Crippen molar-refractivity contribution in [3.8, 4) is 6.07 Å². The van der Waals surface area contributed by atoms with E-state index in [0.29, 0.717) is 12.1 Å². The molecule has 2 aromatic rings. The lowest BCUT2D eigenvalue weighted by Gasteiger charge is -2.03. The van der Waals surface area contributed by atoms with E-state index in [1.807, 2.05) is 18.2 Å². The van der Waals surface area contributed by atoms with Crippen molar-refractivity contribution in [3.63, 3.8) is 0 Å². The van der Waals surface area contributed by atoms with Gasteiger partial charge in [-0.05, 0) is 17.7 Å². The van der Waals surface area contributed by atoms with Crippen LogP contribution in [0.3, 0.4) is 0 Å². The molecule has 1 aromatic carbocycles. The summed E-state index contributed by atoms with van der Waals surface area (Å²) in [4.78, 5) is 15.3. The molecule has 0 atom stereocenters. The topological polar surface area (TPSA) is 58.7 Å². The summed E-state index contributed by atoms with van der Waals surface area (Å²) in [6.07, 6.45) is 2.97. The predicted octanol–water partition coefficient (Wildman–Crippen LogP) is 1.16. The Morgan fingerprint density at radius 3 is 2.62 bits per heavy atom. The van der Waals surface area contributed by atoms with E-state index in [0.717, 1.165) is 5.56 Å². The third kappa shape index (κ3) is 2.15. The van der Waals surface area contributed by atoms with Crippen molar-refractivity contribution < 1.29 is 0 Å². The molecule has 0 saturated heterocycles. The third-order valence-corrected chi connectivity index (χ3v) is 2.23. The molecule has 1 aromatic heterocycles. The van der Waals surface area contributed by atoms with Crippen LogP contribution in [0.15, 0.2) is 47.7 Å². The molecular formula is C12H9N3O. The van der Waals surface area contributed by atoms with Gasteiger partial charge >= 0.3 is 0 Å². The molecular weight excluding hydrogens is 202 g/mol. The average Bonchev–Trinajstić information content (AvgIpc) is 2.33. The fraction of sp³-hybridized carbons (Fsp3) is 0.0833. The Kier molecular flexibility index (Phi) is 2.79. The second-order valence-corrected chi connectivity index (χ2v) is 3.36. The van der Waals surface area contributed by atoms with Gasteiger partial charge in [-0.25, -0.2) is 4.98 Å². The Balaban J connectivity index is 2.25. The lowest BCUT2D eigenvalue weighted by molar-refractivity contribution is 0.736. The summed E-state index contributed by atoms with van der Waals surface area (Å²) in [7, 11) is 0. The van der Waals surface area contributed by atoms with Crippen molar-refractivity contribution in [2.45, 2.75) is 6.54 Å². The van der Waals surface area contributed by atoms with Crippen LogP contribution in [-0.4, -0.2) is 9.55 Å². The molecule has 0 aliphatic rings. The number of hydrogen-bond donors (Lipinski definition) is 0. The minimum absolute atomic E-state index is 0.0839. The van der Waals surface area contributed by atoms with Gasteiger partial charge in [0.05, 0.1) is 24.5 Å². The minimum atomic E-state index is -0.0839. The Hall–Kier alpha value is -2.41. The largest absolute Gasteiger partial charge is 0.295 e. The minimum Gasteiger partial charge on any atom is -0.295 e. The Morgan fingerprint density at radius 2 is 2.00 bits per heavy atom. The fourth-order valence-corrected chi connectivity index (χ4v) is 1.38. The maximum absolute atomic E-state index is 11.4. The third-order valence-electron chi connectivity index (χ3n) is 2.23. The summed E-state index contributed by atoms with van der Waals surface area (Å²) < 4.78 is 1.52. The quantitative estimate of drug-likeness (QED) is 0.749. The summed E-state index contributed by atoms with van der Waals surface area (Å²) in [5.74, 6) is 0. The first kappa shape index (κ1) is 10.1. The summed E-state index contributed by atoms with van der Waals surface area (Å²) in [6.45, 7) is 0.471. The predicted molar refractivity (Wildman–Crippen MR) is 58.8 cm³/mol. The van der Waals surface area contributed by atoms with Crippen LogP contribution in [-0.2, 0) is 6.54 Å². The lowest BCUT2D eigenvalue weighted by Crippen LogP contribution is -2.19. The van der Waals surface area contributed by atoms with Gasteiger partial charge in [-0.15, -0.1) is 0 Å². The van der Waals surface area contributed by atoms with E-state index in [1.165, 1.54) is 23.2 Å². The van der Waals surface area contributed by atoms with Crippen molar-refractivity contribution in [2.75, 3.05) is 0 Å². The molecule has 0 amide bonds. The molecule has 0 unspecified atom stereocenters. The number of nitriles is 1. The average molecular weight is 211 g/mol. The Morgan fingerprint density at radius 1 is 1.25 bits per heavy atom. The van der Waals surface area contributed by atoms with Gasteiger partial charge in [0.15, 0.2) is 0 Å². The molecule has 0 saturated carbocycles. The highest BCUT2D eigenvalue weighted by molar-refractivity contribution is 5.31. The van der Waals surface area contributed by atoms with Crippen molar-refractivity contribution in [1.82, 2.24) is 9.55 Å². The second-order valence-electron chi connectivity index (χ2n) is 3.36. The first-order valence-electron chi connectivity index (χ1n) is 4.79. The van der Waals surface area contributed by atoms with Gasteiger partial charge < -0.3 is 0 Å². The van der Waals surface area contributed by atoms with Crippen molar-refractivity contribution in [1.29, 1.82) is 5.26 Å². The normalized spacial score (nSPS) is 9.69. The van der Waals surface area contributed by atoms with Gasteiger partial charge in [0, 0.05) is 12.3 Å². The van der Waals surface area contributed by atoms with Gasteiger partial charge in [0.25, 0.3) is 5.56 Å². The van der Waals surface area contributed by atoms with E-state index >= 15 is 0 Å². The number of aromatic nitrogens is 2. The van der Waals surface area contributed by atoms with Crippen molar-refractivity contribution in [2.24, 2.45) is 0 Å². The van der Waals surface area contributed by atoms with Gasteiger partial charge in [0.2, 0.25) is 0 Å². The molecule has 0 N–H and O–H groups in total. The summed E-state index contributed by atoms with van der Waals surface area (Å²) in [5.41, 5.74) is 1.50. The summed E-state index contributed by atoms with van der Waals surface area (Å²) in [6, 6.07) is 10.6. The fourth-order valence-electron chi connectivity index (χ4n) is 1.38. The zero-order valence-electron chi connectivity index (χ0n) is 8.50. The monoisotopic (exact) mass is 211 g/mol. The first-order chi connectivity index (χ1) is 7.79. The molecule has 0 aliphatic heterocycles. The van der Waals surface area contributed by atoms with Crippen LogP contribution in [0.5, 0.6) is 0 Å². The van der Waals surface area contributed by atoms with Crippen molar-refractivity contribution in [3.05, 3.63) is 64.3 Å². The van der Waals surface area contributed by atoms with Gasteiger partial charge in [-0.1, -0.05) is 12.1 Å². The van der Waals surface area contributed by atoms with E-state index in [1.54, 1.807) is 12.1 Å². The summed E-state index contributed by atoms with van der Waals surface area (Å²) >= 11 is 0. The van der Waals surface area contributed by atoms with Crippen LogP contribution in [0, 0.1) is 11.3 Å². The van der Waals surface area contributed by atoms with Gasteiger partial charge in [-0.3, -0.25) is 9.36 Å².